The van der Waals surface area contributed by atoms with Crippen LogP contribution in [0, 0.1) is 17.8 Å². The number of fused-ring (bicyclic) bond motifs is 2. The van der Waals surface area contributed by atoms with E-state index in [-0.39, 0.29) is 53.8 Å². The Labute approximate surface area is 364 Å². The number of hydrogen-bond acceptors (Lipinski definition) is 9. The minimum absolute atomic E-state index is 0.0460. The fraction of sp³-hybridized carbons (Fsp3) is 0.478. The van der Waals surface area contributed by atoms with Gasteiger partial charge in [-0.05, 0) is 78.5 Å². The number of rotatable bonds is 11. The predicted octanol–water partition coefficient (Wildman–Crippen LogP) is 8.20. The van der Waals surface area contributed by atoms with Gasteiger partial charge in [-0.25, -0.2) is 23.9 Å². The van der Waals surface area contributed by atoms with E-state index in [2.05, 4.69) is 69.2 Å². The lowest BCUT2D eigenvalue weighted by Crippen LogP contribution is -2.51. The molecule has 2 aromatic carbocycles. The molecule has 3 aliphatic heterocycles. The Morgan fingerprint density at radius 1 is 0.839 bits per heavy atom. The van der Waals surface area contributed by atoms with Gasteiger partial charge in [0.1, 0.15) is 29.9 Å². The Morgan fingerprint density at radius 2 is 1.47 bits per heavy atom. The van der Waals surface area contributed by atoms with E-state index in [1.54, 1.807) is 11.8 Å². The van der Waals surface area contributed by atoms with E-state index in [0.29, 0.717) is 12.4 Å². The molecular weight excluding hydrogens is 812 g/mol. The second-order valence-electron chi connectivity index (χ2n) is 17.3. The van der Waals surface area contributed by atoms with E-state index in [4.69, 9.17) is 19.4 Å². The molecule has 0 radical (unpaired) electrons. The Morgan fingerprint density at radius 3 is 2.10 bits per heavy atom. The number of imidazole rings is 2. The van der Waals surface area contributed by atoms with Crippen molar-refractivity contribution in [2.45, 2.75) is 95.4 Å². The molecule has 4 aliphatic rings. The first-order valence-corrected chi connectivity index (χ1v) is 22.4. The molecule has 16 heteroatoms. The van der Waals surface area contributed by atoms with E-state index in [1.807, 2.05) is 44.7 Å². The molecule has 2 saturated heterocycles. The molecule has 8 rings (SSSR count). The molecule has 4 N–H and O–H groups in total. The number of H-pyrrole nitrogens is 2. The van der Waals surface area contributed by atoms with Gasteiger partial charge < -0.3 is 39.9 Å². The second-order valence-corrected chi connectivity index (χ2v) is 18.5. The molecule has 3 unspecified atom stereocenters. The third-order valence-corrected chi connectivity index (χ3v) is 13.9. The van der Waals surface area contributed by atoms with Crippen molar-refractivity contribution in [1.82, 2.24) is 40.4 Å². The van der Waals surface area contributed by atoms with E-state index in [1.165, 1.54) is 24.7 Å². The van der Waals surface area contributed by atoms with Crippen LogP contribution < -0.4 is 10.6 Å². The Kier molecular flexibility index (Phi) is 12.5. The van der Waals surface area contributed by atoms with Crippen LogP contribution in [0.2, 0.25) is 0 Å². The highest BCUT2D eigenvalue weighted by Crippen LogP contribution is 2.55. The minimum Gasteiger partial charge on any atom is -0.453 e. The van der Waals surface area contributed by atoms with Gasteiger partial charge in [-0.3, -0.25) is 9.59 Å². The first kappa shape index (κ1) is 43.0. The number of methoxy groups -OCH3 is 2. The summed E-state index contributed by atoms with van der Waals surface area (Å²) < 4.78 is 24.6. The number of allylic oxidation sites excluding steroid dienone is 5. The maximum atomic E-state index is 15.1. The van der Waals surface area contributed by atoms with Crippen molar-refractivity contribution >= 4 is 62.7 Å². The van der Waals surface area contributed by atoms with Gasteiger partial charge >= 0.3 is 12.2 Å². The number of aromatic amines is 2. The van der Waals surface area contributed by atoms with Gasteiger partial charge in [-0.2, -0.15) is 0 Å². The number of benzene rings is 2. The number of aromatic nitrogens is 4. The summed E-state index contributed by atoms with van der Waals surface area (Å²) >= 11 is 1.81. The lowest BCUT2D eigenvalue weighted by molar-refractivity contribution is -0.136. The first-order chi connectivity index (χ1) is 29.8. The molecule has 328 valence electrons. The highest BCUT2D eigenvalue weighted by Gasteiger charge is 2.42. The maximum absolute atomic E-state index is 15.1. The number of ether oxygens (including phenoxy) is 2. The summed E-state index contributed by atoms with van der Waals surface area (Å²) in [7, 11) is 2.53. The number of nitrogens with one attached hydrogen (secondary N) is 4. The van der Waals surface area contributed by atoms with Gasteiger partial charge in [0.25, 0.3) is 0 Å². The summed E-state index contributed by atoms with van der Waals surface area (Å²) in [6.07, 6.45) is 10.2. The molecule has 2 aromatic heterocycles. The van der Waals surface area contributed by atoms with E-state index in [0.717, 1.165) is 69.6 Å². The van der Waals surface area contributed by atoms with E-state index >= 15 is 4.39 Å². The molecule has 14 nitrogen and oxygen atoms in total. The van der Waals surface area contributed by atoms with Gasteiger partial charge in [0.15, 0.2) is 0 Å². The van der Waals surface area contributed by atoms with Crippen LogP contribution in [0.1, 0.15) is 99.9 Å². The number of carbonyl (C=O) groups is 4. The topological polar surface area (TPSA) is 175 Å². The molecular formula is C46H55FN8O6S. The fourth-order valence-electron chi connectivity index (χ4n) is 9.17. The number of alkyl carbamates (subject to hydrolysis) is 2. The summed E-state index contributed by atoms with van der Waals surface area (Å²) in [4.78, 5) is 73.0. The van der Waals surface area contributed by atoms with Crippen molar-refractivity contribution in [1.29, 1.82) is 0 Å². The molecule has 0 saturated carbocycles. The standard InChI is InChI=1S/C46H55FN8O6S/c1-24(2)38(52-45(58)60-5)43(56)54-18-10-13-35(54)41-48-31-16-14-27(19-33(31)50-41)37-22-30(26-11-8-7-9-12-26)40(62-37)28-15-17-32-34(20-28)51-42(49-32)36-21-29(47)23-55(36)44(57)39(25(3)4)53-46(59)61-6/h8,11-12,14-17,19-20,22,24-25,29-30,35-36,38-40H,7,9-10,13,18,21,23H2,1-6H3,(H,48,50)(H,49,51)(H,52,58)(H,53,59)/t29?,30?,35-,36-,38-,39-,40?/m0/s1. The second kappa shape index (κ2) is 18.0. The molecule has 4 amide bonds. The van der Waals surface area contributed by atoms with E-state index in [9.17, 15) is 19.2 Å². The van der Waals surface area contributed by atoms with Crippen molar-refractivity contribution in [3.63, 3.8) is 0 Å². The highest BCUT2D eigenvalue weighted by molar-refractivity contribution is 8.08. The van der Waals surface area contributed by atoms with Crippen LogP contribution in [0.15, 0.2) is 66.3 Å². The van der Waals surface area contributed by atoms with Gasteiger partial charge in [0.2, 0.25) is 11.8 Å². The van der Waals surface area contributed by atoms with E-state index < -0.39 is 36.5 Å². The summed E-state index contributed by atoms with van der Waals surface area (Å²) in [5.41, 5.74) is 6.64. The SMILES string of the molecule is COC(=O)N[C@H](C(=O)N1CCC[C@H]1c1nc2ccc(C3=CC(C4=CCCC=C4)C(c4ccc5nc([C@@H]6CC(F)CN6C(=O)[C@@H](NC(=O)OC)C(C)C)[nH]c5c4)S3)cc2[nH]1)C(C)C. The fourth-order valence-corrected chi connectivity index (χ4v) is 10.6. The number of thioether (sulfide) groups is 1. The summed E-state index contributed by atoms with van der Waals surface area (Å²) in [6.45, 7) is 7.94. The van der Waals surface area contributed by atoms with Crippen LogP contribution >= 0.6 is 11.8 Å². The Hall–Kier alpha value is -5.64. The summed E-state index contributed by atoms with van der Waals surface area (Å²) in [5, 5.41) is 5.39. The number of hydrogen-bond donors (Lipinski definition) is 4. The molecule has 7 atom stereocenters. The van der Waals surface area contributed by atoms with Crippen LogP contribution in [0.3, 0.4) is 0 Å². The average Bonchev–Trinajstić information content (AvgIpc) is 4.12. The quantitative estimate of drug-likeness (QED) is 0.116. The zero-order valence-corrected chi connectivity index (χ0v) is 36.8. The number of carbonyl (C=O) groups excluding carboxylic acids is 4. The van der Waals surface area contributed by atoms with Crippen molar-refractivity contribution < 1.29 is 33.0 Å². The number of likely N-dealkylation sites (tertiary alicyclic amines) is 2. The molecule has 0 spiro atoms. The minimum atomic E-state index is -1.23. The van der Waals surface area contributed by atoms with Crippen LogP contribution in [0.25, 0.3) is 27.0 Å². The van der Waals surface area contributed by atoms with Gasteiger partial charge in [0.05, 0.1) is 54.9 Å². The normalized spacial score (nSPS) is 23.5. The smallest absolute Gasteiger partial charge is 0.407 e. The summed E-state index contributed by atoms with van der Waals surface area (Å²) in [5.74, 6) is 0.426. The van der Waals surface area contributed by atoms with Crippen molar-refractivity contribution in [3.05, 3.63) is 89.1 Å². The lowest BCUT2D eigenvalue weighted by atomic mass is 9.87. The van der Waals surface area contributed by atoms with Crippen molar-refractivity contribution in [3.8, 4) is 0 Å². The third-order valence-electron chi connectivity index (χ3n) is 12.4. The number of alkyl halides is 1. The summed E-state index contributed by atoms with van der Waals surface area (Å²) in [6, 6.07) is 10.0. The number of nitrogens with zero attached hydrogens (tertiary/aromatic N) is 4. The predicted molar refractivity (Wildman–Crippen MR) is 236 cm³/mol. The largest absolute Gasteiger partial charge is 0.453 e. The van der Waals surface area contributed by atoms with Crippen LogP contribution in [0.4, 0.5) is 14.0 Å². The van der Waals surface area contributed by atoms with Gasteiger partial charge in [-0.1, -0.05) is 64.1 Å². The van der Waals surface area contributed by atoms with Crippen LogP contribution in [-0.2, 0) is 19.1 Å². The average molecular weight is 867 g/mol. The molecule has 0 bridgehead atoms. The van der Waals surface area contributed by atoms with Crippen LogP contribution in [0.5, 0.6) is 0 Å². The van der Waals surface area contributed by atoms with Crippen molar-refractivity contribution in [2.24, 2.45) is 17.8 Å². The molecule has 62 heavy (non-hydrogen) atoms. The zero-order chi connectivity index (χ0) is 43.8. The lowest BCUT2D eigenvalue weighted by Gasteiger charge is -2.29. The zero-order valence-electron chi connectivity index (χ0n) is 35.9. The van der Waals surface area contributed by atoms with Gasteiger partial charge in [-0.15, -0.1) is 11.8 Å². The molecule has 5 heterocycles. The first-order valence-electron chi connectivity index (χ1n) is 21.5. The number of halogens is 1. The Bertz CT molecular complexity index is 2460. The molecule has 2 fully saturated rings. The monoisotopic (exact) mass is 866 g/mol. The Balaban J connectivity index is 1.05. The maximum Gasteiger partial charge on any atom is 0.407 e. The van der Waals surface area contributed by atoms with Crippen LogP contribution in [-0.4, -0.2) is 99.3 Å². The third kappa shape index (κ3) is 8.57. The highest BCUT2D eigenvalue weighted by atomic mass is 32.2. The molecule has 4 aromatic rings. The van der Waals surface area contributed by atoms with Crippen molar-refractivity contribution in [2.75, 3.05) is 27.3 Å². The number of amides is 4. The van der Waals surface area contributed by atoms with Gasteiger partial charge in [0, 0.05) is 29.0 Å². The molecule has 1 aliphatic carbocycles.